The lowest BCUT2D eigenvalue weighted by Crippen LogP contribution is -2.12. The molecule has 0 saturated heterocycles. The summed E-state index contributed by atoms with van der Waals surface area (Å²) in [6.07, 6.45) is 0. The molecule has 22 nitrogen and oxygen atoms in total. The Morgan fingerprint density at radius 1 is 0.720 bits per heavy atom. The first-order valence-corrected chi connectivity index (χ1v) is 19.0. The summed E-state index contributed by atoms with van der Waals surface area (Å²) in [6, 6.07) is 7.61. The highest BCUT2D eigenvalue weighted by atomic mass is 32.2. The maximum Gasteiger partial charge on any atom is 0.296 e. The summed E-state index contributed by atoms with van der Waals surface area (Å²) < 4.78 is 102. The van der Waals surface area contributed by atoms with Gasteiger partial charge in [0.25, 0.3) is 10.1 Å². The lowest BCUT2D eigenvalue weighted by molar-refractivity contribution is -0.434. The predicted octanol–water partition coefficient (Wildman–Crippen LogP) is 4.49. The van der Waals surface area contributed by atoms with E-state index < -0.39 is 74.8 Å². The monoisotopic (exact) mass is 802 g/mol. The van der Waals surface area contributed by atoms with Crippen LogP contribution in [0.2, 0.25) is 0 Å². The van der Waals surface area contributed by atoms with E-state index in [-0.39, 0.29) is 64.5 Å². The van der Waals surface area contributed by atoms with Crippen LogP contribution in [-0.2, 0) is 56.9 Å². The molecule has 50 heavy (non-hydrogen) atoms. The molecule has 274 valence electrons. The third kappa shape index (κ3) is 11.0. The molecule has 27 heteroatoms. The number of benzene rings is 3. The van der Waals surface area contributed by atoms with Gasteiger partial charge in [0.1, 0.15) is 10.6 Å². The number of aromatic hydroxyl groups is 1. The number of sulfone groups is 2. The van der Waals surface area contributed by atoms with E-state index in [1.807, 2.05) is 0 Å². The summed E-state index contributed by atoms with van der Waals surface area (Å²) in [4.78, 5) is -1.58. The fourth-order valence-corrected chi connectivity index (χ4v) is 7.20. The van der Waals surface area contributed by atoms with Gasteiger partial charge in [0.15, 0.2) is 61.4 Å². The van der Waals surface area contributed by atoms with Crippen LogP contribution in [0.4, 0.5) is 34.1 Å². The average Bonchev–Trinajstić information content (AvgIpc) is 3.06. The van der Waals surface area contributed by atoms with E-state index in [4.69, 9.17) is 30.3 Å². The quantitative estimate of drug-likeness (QED) is 0.0185. The zero-order valence-corrected chi connectivity index (χ0v) is 29.1. The second-order valence-electron chi connectivity index (χ2n) is 9.20. The van der Waals surface area contributed by atoms with Crippen molar-refractivity contribution in [3.05, 3.63) is 48.0 Å². The number of phenols is 1. The highest BCUT2D eigenvalue weighted by Gasteiger charge is 2.24. The zero-order chi connectivity index (χ0) is 37.1. The van der Waals surface area contributed by atoms with Gasteiger partial charge in [0.05, 0.1) is 51.6 Å². The van der Waals surface area contributed by atoms with Gasteiger partial charge in [-0.25, -0.2) is 27.4 Å². The molecule has 3 aromatic carbocycles. The molecular weight excluding hydrogens is 777 g/mol. The largest absolute Gasteiger partial charge is 0.504 e. The number of hydrogen-bond donors (Lipinski definition) is 6. The molecule has 3 aromatic rings. The smallest absolute Gasteiger partial charge is 0.296 e. The van der Waals surface area contributed by atoms with Crippen molar-refractivity contribution in [3.63, 3.8) is 0 Å². The van der Waals surface area contributed by atoms with Crippen LogP contribution < -0.4 is 11.5 Å². The second kappa shape index (κ2) is 18.1. The van der Waals surface area contributed by atoms with Gasteiger partial charge in [-0.1, -0.05) is 10.1 Å². The van der Waals surface area contributed by atoms with Crippen LogP contribution in [0, 0.1) is 6.92 Å². The van der Waals surface area contributed by atoms with Gasteiger partial charge in [-0.15, -0.1) is 24.0 Å². The highest BCUT2D eigenvalue weighted by Crippen LogP contribution is 2.49. The number of nitrogens with two attached hydrogens (primary N) is 2. The molecular formula is C23H26N6O16S5. The zero-order valence-electron chi connectivity index (χ0n) is 25.0. The summed E-state index contributed by atoms with van der Waals surface area (Å²) in [5.74, 6) is -1.86. The Morgan fingerprint density at radius 3 is 1.70 bits per heavy atom. The average molecular weight is 803 g/mol. The highest BCUT2D eigenvalue weighted by molar-refractivity contribution is 7.92. The Balaban J connectivity index is 1.90. The molecule has 0 bridgehead atoms. The lowest BCUT2D eigenvalue weighted by Gasteiger charge is -2.12. The third-order valence-corrected chi connectivity index (χ3v) is 11.1. The van der Waals surface area contributed by atoms with Crippen LogP contribution in [0.25, 0.3) is 0 Å². The Kier molecular flexibility index (Phi) is 14.8. The van der Waals surface area contributed by atoms with Crippen molar-refractivity contribution in [1.29, 1.82) is 0 Å². The van der Waals surface area contributed by atoms with Gasteiger partial charge in [0.2, 0.25) is 0 Å². The number of azo groups is 2. The van der Waals surface area contributed by atoms with Crippen LogP contribution in [0.1, 0.15) is 5.56 Å². The molecule has 0 heterocycles. The first kappa shape index (κ1) is 40.9. The van der Waals surface area contributed by atoms with Gasteiger partial charge in [-0.05, 0) is 55.0 Å². The summed E-state index contributed by atoms with van der Waals surface area (Å²) >= 11 is 0.354. The summed E-state index contributed by atoms with van der Waals surface area (Å²) in [6.45, 7) is 0.671. The first-order chi connectivity index (χ1) is 23.5. The number of anilines is 2. The summed E-state index contributed by atoms with van der Waals surface area (Å²) in [5, 5.41) is 49.1. The van der Waals surface area contributed by atoms with E-state index in [0.717, 1.165) is 12.1 Å². The normalized spacial score (nSPS) is 12.7. The Morgan fingerprint density at radius 2 is 1.20 bits per heavy atom. The fourth-order valence-electron chi connectivity index (χ4n) is 3.63. The number of phenolic OH excluding ortho intramolecular Hbond substituents is 1. The molecule has 0 aliphatic rings. The van der Waals surface area contributed by atoms with Crippen LogP contribution in [0.3, 0.4) is 0 Å². The van der Waals surface area contributed by atoms with Crippen molar-refractivity contribution in [2.45, 2.75) is 21.6 Å². The standard InChI is InChI=1S/C23H26N6O16S5/c1-13-19(24)21(28-26-14-2-4-15(5-3-14)48(33,34)10-8-40-46-44-42-31)23(30)22(20(13)25)29-27-17-7-6-16(12-18(17)50(37,38)39)49(35,36)11-9-41-47-45-43-32/h2-7,12,30-32H,8-11,24-25H2,1H3,(H,37,38,39)/b28-26+,29-27+. The Labute approximate surface area is 292 Å². The maximum atomic E-state index is 12.7. The summed E-state index contributed by atoms with van der Waals surface area (Å²) in [7, 11) is -13.1. The fraction of sp³-hybridized carbons (Fsp3) is 0.217. The molecule has 0 aliphatic carbocycles. The van der Waals surface area contributed by atoms with Gasteiger partial charge < -0.3 is 16.6 Å². The first-order valence-electron chi connectivity index (χ1n) is 13.0. The number of nitrogen functional groups attached to an aromatic ring is 2. The molecule has 0 fully saturated rings. The molecule has 0 spiro atoms. The van der Waals surface area contributed by atoms with E-state index in [9.17, 15) is 34.9 Å². The van der Waals surface area contributed by atoms with Crippen molar-refractivity contribution < 1.29 is 72.5 Å². The maximum absolute atomic E-state index is 12.7. The number of nitrogens with zero attached hydrogens (tertiary/aromatic N) is 4. The lowest BCUT2D eigenvalue weighted by atomic mass is 10.1. The van der Waals surface area contributed by atoms with E-state index in [0.29, 0.717) is 6.07 Å². The van der Waals surface area contributed by atoms with E-state index >= 15 is 0 Å². The molecule has 0 saturated carbocycles. The molecule has 0 aromatic heterocycles. The Hall–Kier alpha value is -3.55. The Bertz CT molecular complexity index is 2050. The second-order valence-corrected chi connectivity index (χ2v) is 15.8. The van der Waals surface area contributed by atoms with E-state index in [2.05, 4.69) is 39.2 Å². The third-order valence-electron chi connectivity index (χ3n) is 6.14. The summed E-state index contributed by atoms with van der Waals surface area (Å²) in [5.41, 5.74) is 10.8. The molecule has 0 amide bonds. The van der Waals surface area contributed by atoms with Gasteiger partial charge in [-0.3, -0.25) is 12.9 Å². The van der Waals surface area contributed by atoms with E-state index in [1.54, 1.807) is 0 Å². The molecule has 0 atom stereocenters. The van der Waals surface area contributed by atoms with Crippen LogP contribution in [-0.4, -0.2) is 70.1 Å². The van der Waals surface area contributed by atoms with E-state index in [1.165, 1.54) is 31.2 Å². The van der Waals surface area contributed by atoms with Crippen molar-refractivity contribution in [3.8, 4) is 5.75 Å². The van der Waals surface area contributed by atoms with Crippen molar-refractivity contribution in [2.24, 2.45) is 20.5 Å². The number of rotatable bonds is 19. The molecule has 0 aliphatic heterocycles. The van der Waals surface area contributed by atoms with Crippen molar-refractivity contribution in [2.75, 3.05) is 36.2 Å². The van der Waals surface area contributed by atoms with Crippen LogP contribution >= 0.6 is 24.6 Å². The topological polar surface area (TPSA) is 340 Å². The van der Waals surface area contributed by atoms with Gasteiger partial charge in [0, 0.05) is 0 Å². The molecule has 0 unspecified atom stereocenters. The molecule has 8 N–H and O–H groups in total. The van der Waals surface area contributed by atoms with Crippen LogP contribution in [0.15, 0.2) is 77.6 Å². The SMILES string of the molecule is Cc1c(N)c(/N=N/c2ccc(S(=O)(=O)CCOSOOO)cc2)c(O)c(/N=N/c2ccc(S(=O)(=O)CCOSOOO)cc2S(=O)(=O)O)c1N. The molecule has 0 radical (unpaired) electrons. The van der Waals surface area contributed by atoms with Crippen molar-refractivity contribution in [1.82, 2.24) is 0 Å². The minimum absolute atomic E-state index is 0.0827. The molecule has 3 rings (SSSR count). The minimum atomic E-state index is -5.08. The number of hydrogen-bond acceptors (Lipinski definition) is 23. The van der Waals surface area contributed by atoms with Crippen molar-refractivity contribution >= 4 is 88.6 Å². The van der Waals surface area contributed by atoms with Crippen LogP contribution in [0.5, 0.6) is 5.75 Å². The minimum Gasteiger partial charge on any atom is -0.504 e. The van der Waals surface area contributed by atoms with Gasteiger partial charge in [-0.2, -0.15) is 13.5 Å². The van der Waals surface area contributed by atoms with Gasteiger partial charge >= 0.3 is 0 Å². The predicted molar refractivity (Wildman–Crippen MR) is 174 cm³/mol.